The number of nitrogens with two attached hydrogens (primary N) is 1. The van der Waals surface area contributed by atoms with Gasteiger partial charge in [0.15, 0.2) is 0 Å². The van der Waals surface area contributed by atoms with E-state index in [1.807, 2.05) is 0 Å². The van der Waals surface area contributed by atoms with Gasteiger partial charge in [0.05, 0.1) is 4.90 Å². The molecule has 0 unspecified atom stereocenters. The Morgan fingerprint density at radius 1 is 1.19 bits per heavy atom. The molecule has 0 aliphatic rings. The maximum atomic E-state index is 11.5. The van der Waals surface area contributed by atoms with Gasteiger partial charge in [-0.05, 0) is 12.1 Å². The molecule has 16 heavy (non-hydrogen) atoms. The van der Waals surface area contributed by atoms with Gasteiger partial charge in [0.1, 0.15) is 0 Å². The minimum atomic E-state index is -4.27. The van der Waals surface area contributed by atoms with Gasteiger partial charge in [-0.2, -0.15) is 5.48 Å². The Kier molecular flexibility index (Phi) is 3.46. The molecule has 1 aromatic rings. The number of primary amides is 1. The lowest BCUT2D eigenvalue weighted by atomic mass is 10.4. The lowest BCUT2D eigenvalue weighted by Gasteiger charge is -2.03. The molecule has 8 heteroatoms. The van der Waals surface area contributed by atoms with E-state index in [4.69, 9.17) is 0 Å². The number of nitrogens with one attached hydrogen (secondary N) is 1. The van der Waals surface area contributed by atoms with Crippen molar-refractivity contribution in [2.24, 2.45) is 5.73 Å². The number of sulfone groups is 1. The van der Waals surface area contributed by atoms with Crippen LogP contribution in [0.5, 0.6) is 0 Å². The number of hydrogen-bond donors (Lipinski definition) is 2. The average molecular weight is 244 g/mol. The van der Waals surface area contributed by atoms with E-state index in [-0.39, 0.29) is 4.90 Å². The van der Waals surface area contributed by atoms with E-state index in [1.54, 1.807) is 6.07 Å². The van der Waals surface area contributed by atoms with Crippen molar-refractivity contribution in [3.05, 3.63) is 30.3 Å². The van der Waals surface area contributed by atoms with Crippen LogP contribution in [-0.4, -0.2) is 19.8 Å². The lowest BCUT2D eigenvalue weighted by Crippen LogP contribution is -2.33. The summed E-state index contributed by atoms with van der Waals surface area (Å²) in [5.41, 5.74) is 6.03. The molecule has 1 rings (SSSR count). The molecule has 1 aromatic carbocycles. The number of hydrogen-bond acceptors (Lipinski definition) is 5. The summed E-state index contributed by atoms with van der Waals surface area (Å²) in [5, 5.41) is -1.60. The summed E-state index contributed by atoms with van der Waals surface area (Å²) >= 11 is 0. The van der Waals surface area contributed by atoms with Crippen LogP contribution in [0.4, 0.5) is 9.59 Å². The van der Waals surface area contributed by atoms with Crippen LogP contribution in [0.1, 0.15) is 0 Å². The van der Waals surface area contributed by atoms with Crippen molar-refractivity contribution in [3.8, 4) is 0 Å². The Labute approximate surface area is 91.1 Å². The zero-order valence-electron chi connectivity index (χ0n) is 7.91. The third-order valence-corrected chi connectivity index (χ3v) is 2.92. The Hall–Kier alpha value is -2.09. The number of benzene rings is 1. The standard InChI is InChI=1S/C8H8N2O5S/c9-7(11)10-15-8(12)16(13,14)6-4-2-1-3-5-6/h1-5H,(H3,9,10,11). The molecule has 0 aliphatic heterocycles. The fourth-order valence-electron chi connectivity index (χ4n) is 0.843. The number of hydroxylamine groups is 1. The molecule has 0 aromatic heterocycles. The van der Waals surface area contributed by atoms with Gasteiger partial charge < -0.3 is 10.6 Å². The Bertz CT molecular complexity index is 496. The summed E-state index contributed by atoms with van der Waals surface area (Å²) in [6.07, 6.45) is 0. The van der Waals surface area contributed by atoms with Crippen molar-refractivity contribution in [1.29, 1.82) is 0 Å². The second-order valence-corrected chi connectivity index (χ2v) is 4.45. The second kappa shape index (κ2) is 4.62. The van der Waals surface area contributed by atoms with E-state index in [0.717, 1.165) is 0 Å². The van der Waals surface area contributed by atoms with Crippen molar-refractivity contribution in [2.75, 3.05) is 0 Å². The highest BCUT2D eigenvalue weighted by molar-refractivity contribution is 8.05. The fraction of sp³-hybridized carbons (Fsp3) is 0. The first kappa shape index (κ1) is 12.0. The highest BCUT2D eigenvalue weighted by Crippen LogP contribution is 2.11. The maximum absolute atomic E-state index is 11.5. The first-order valence-corrected chi connectivity index (χ1v) is 5.49. The third-order valence-electron chi connectivity index (χ3n) is 1.51. The van der Waals surface area contributed by atoms with Crippen LogP contribution < -0.4 is 11.2 Å². The number of carbonyl (C=O) groups excluding carboxylic acids is 2. The van der Waals surface area contributed by atoms with Crippen LogP contribution in [0.3, 0.4) is 0 Å². The number of carbonyl (C=O) groups is 2. The van der Waals surface area contributed by atoms with Crippen LogP contribution >= 0.6 is 0 Å². The average Bonchev–Trinajstić information content (AvgIpc) is 2.27. The van der Waals surface area contributed by atoms with E-state index in [1.165, 1.54) is 29.7 Å². The molecule has 86 valence electrons. The highest BCUT2D eigenvalue weighted by atomic mass is 32.2. The van der Waals surface area contributed by atoms with Crippen molar-refractivity contribution in [2.45, 2.75) is 4.90 Å². The molecular weight excluding hydrogens is 236 g/mol. The van der Waals surface area contributed by atoms with Gasteiger partial charge in [0.25, 0.3) is 9.84 Å². The van der Waals surface area contributed by atoms with Gasteiger partial charge in [-0.3, -0.25) is 0 Å². The van der Waals surface area contributed by atoms with Gasteiger partial charge in [-0.15, -0.1) is 0 Å². The monoisotopic (exact) mass is 244 g/mol. The van der Waals surface area contributed by atoms with E-state index in [9.17, 15) is 18.0 Å². The predicted molar refractivity (Wildman–Crippen MR) is 52.8 cm³/mol. The quantitative estimate of drug-likeness (QED) is 0.683. The summed E-state index contributed by atoms with van der Waals surface area (Å²) in [5.74, 6) is 0. The number of urea groups is 1. The predicted octanol–water partition coefficient (Wildman–Crippen LogP) is 0.180. The molecule has 0 heterocycles. The molecule has 0 saturated carbocycles. The largest absolute Gasteiger partial charge is 0.453 e. The highest BCUT2D eigenvalue weighted by Gasteiger charge is 2.27. The molecule has 0 spiro atoms. The zero-order valence-corrected chi connectivity index (χ0v) is 8.73. The smallest absolute Gasteiger partial charge is 0.349 e. The van der Waals surface area contributed by atoms with Crippen molar-refractivity contribution in [3.63, 3.8) is 0 Å². The minimum Gasteiger partial charge on any atom is -0.349 e. The summed E-state index contributed by atoms with van der Waals surface area (Å²) in [4.78, 5) is 25.0. The van der Waals surface area contributed by atoms with Crippen molar-refractivity contribution in [1.82, 2.24) is 5.48 Å². The van der Waals surface area contributed by atoms with Gasteiger partial charge in [-0.1, -0.05) is 18.2 Å². The first-order valence-electron chi connectivity index (χ1n) is 4.01. The molecule has 0 saturated heterocycles. The van der Waals surface area contributed by atoms with E-state index in [2.05, 4.69) is 10.6 Å². The molecule has 0 aliphatic carbocycles. The first-order chi connectivity index (χ1) is 7.44. The van der Waals surface area contributed by atoms with Gasteiger partial charge in [0.2, 0.25) is 0 Å². The summed E-state index contributed by atoms with van der Waals surface area (Å²) in [6.45, 7) is 0. The van der Waals surface area contributed by atoms with Crippen molar-refractivity contribution < 1.29 is 22.8 Å². The molecule has 0 radical (unpaired) electrons. The summed E-state index contributed by atoms with van der Waals surface area (Å²) in [7, 11) is -4.27. The van der Waals surface area contributed by atoms with Crippen LogP contribution in [0.15, 0.2) is 35.2 Å². The Morgan fingerprint density at radius 2 is 1.75 bits per heavy atom. The van der Waals surface area contributed by atoms with Crippen LogP contribution in [0, 0.1) is 0 Å². The molecule has 7 nitrogen and oxygen atoms in total. The molecule has 0 bridgehead atoms. The molecule has 3 N–H and O–H groups in total. The summed E-state index contributed by atoms with van der Waals surface area (Å²) in [6, 6.07) is 5.76. The van der Waals surface area contributed by atoms with Gasteiger partial charge in [-0.25, -0.2) is 18.0 Å². The SMILES string of the molecule is NC(=O)NOC(=O)S(=O)(=O)c1ccccc1. The molecular formula is C8H8N2O5S. The number of rotatable bonds is 1. The van der Waals surface area contributed by atoms with E-state index in [0.29, 0.717) is 0 Å². The Balaban J connectivity index is 2.87. The van der Waals surface area contributed by atoms with Crippen LogP contribution in [0.2, 0.25) is 0 Å². The summed E-state index contributed by atoms with van der Waals surface area (Å²) < 4.78 is 23.0. The zero-order chi connectivity index (χ0) is 12.2. The van der Waals surface area contributed by atoms with Gasteiger partial charge >= 0.3 is 11.3 Å². The van der Waals surface area contributed by atoms with Gasteiger partial charge in [0, 0.05) is 0 Å². The molecule has 0 atom stereocenters. The normalized spacial score (nSPS) is 10.5. The topological polar surface area (TPSA) is 116 Å². The van der Waals surface area contributed by atoms with E-state index < -0.39 is 21.2 Å². The number of amides is 2. The maximum Gasteiger partial charge on any atom is 0.453 e. The Morgan fingerprint density at radius 3 is 2.25 bits per heavy atom. The van der Waals surface area contributed by atoms with Crippen LogP contribution in [0.25, 0.3) is 0 Å². The second-order valence-electron chi connectivity index (χ2n) is 2.63. The minimum absolute atomic E-state index is 0.230. The molecule has 2 amide bonds. The van der Waals surface area contributed by atoms with Crippen molar-refractivity contribution >= 4 is 21.2 Å². The molecule has 0 fully saturated rings. The fourth-order valence-corrected chi connectivity index (χ4v) is 1.70. The lowest BCUT2D eigenvalue weighted by molar-refractivity contribution is 0.124. The van der Waals surface area contributed by atoms with E-state index >= 15 is 0 Å². The van der Waals surface area contributed by atoms with Crippen LogP contribution in [-0.2, 0) is 14.7 Å². The third kappa shape index (κ3) is 2.70.